The van der Waals surface area contributed by atoms with E-state index in [0.29, 0.717) is 11.5 Å². The number of halogens is 2. The molecule has 0 nitrogen and oxygen atoms in total. The monoisotopic (exact) mass is 424 g/mol. The van der Waals surface area contributed by atoms with Gasteiger partial charge in [0.25, 0.3) is 0 Å². The van der Waals surface area contributed by atoms with Crippen LogP contribution in [0.5, 0.6) is 0 Å². The molecule has 2 fully saturated rings. The summed E-state index contributed by atoms with van der Waals surface area (Å²) in [6, 6.07) is 11.8. The summed E-state index contributed by atoms with van der Waals surface area (Å²) in [5, 5.41) is 0. The Bertz CT molecular complexity index is 825. The molecule has 0 spiro atoms. The highest BCUT2D eigenvalue weighted by Crippen LogP contribution is 2.48. The van der Waals surface area contributed by atoms with Crippen LogP contribution in [0.2, 0.25) is 0 Å². The summed E-state index contributed by atoms with van der Waals surface area (Å²) in [6.07, 6.45) is 16.3. The van der Waals surface area contributed by atoms with Gasteiger partial charge in [-0.15, -0.1) is 0 Å². The molecular weight excluding hydrogens is 386 g/mol. The Kier molecular flexibility index (Phi) is 7.80. The van der Waals surface area contributed by atoms with Crippen LogP contribution in [0, 0.1) is 29.4 Å². The van der Waals surface area contributed by atoms with Crippen LogP contribution in [0.1, 0.15) is 95.5 Å². The van der Waals surface area contributed by atoms with Crippen molar-refractivity contribution in [2.45, 2.75) is 89.9 Å². The molecule has 0 radical (unpaired) electrons. The summed E-state index contributed by atoms with van der Waals surface area (Å²) in [6.45, 7) is 2.28. The largest absolute Gasteiger partial charge is 0.207 e. The van der Waals surface area contributed by atoms with E-state index >= 15 is 0 Å². The van der Waals surface area contributed by atoms with Gasteiger partial charge in [-0.3, -0.25) is 0 Å². The molecule has 0 heterocycles. The molecule has 4 atom stereocenters. The Balaban J connectivity index is 1.31. The maximum atomic E-state index is 14.9. The second-order valence-electron chi connectivity index (χ2n) is 10.2. The van der Waals surface area contributed by atoms with Crippen molar-refractivity contribution in [2.75, 3.05) is 0 Å². The van der Waals surface area contributed by atoms with Gasteiger partial charge in [0.2, 0.25) is 0 Å². The zero-order chi connectivity index (χ0) is 21.6. The fourth-order valence-electron chi connectivity index (χ4n) is 6.24. The van der Waals surface area contributed by atoms with Crippen LogP contribution in [0.3, 0.4) is 0 Å². The van der Waals surface area contributed by atoms with Crippen LogP contribution in [0.4, 0.5) is 8.78 Å². The summed E-state index contributed by atoms with van der Waals surface area (Å²) < 4.78 is 28.1. The predicted octanol–water partition coefficient (Wildman–Crippen LogP) is 9.29. The lowest BCUT2D eigenvalue weighted by molar-refractivity contribution is 0.113. The fourth-order valence-corrected chi connectivity index (χ4v) is 6.24. The van der Waals surface area contributed by atoms with Crippen molar-refractivity contribution in [3.05, 3.63) is 59.7 Å². The van der Waals surface area contributed by atoms with Crippen LogP contribution in [-0.2, 0) is 0 Å². The first-order valence-corrected chi connectivity index (χ1v) is 12.7. The molecule has 2 saturated carbocycles. The Labute approximate surface area is 187 Å². The van der Waals surface area contributed by atoms with Gasteiger partial charge in [-0.2, -0.15) is 0 Å². The van der Waals surface area contributed by atoms with E-state index < -0.39 is 0 Å². The zero-order valence-electron chi connectivity index (χ0n) is 19.1. The van der Waals surface area contributed by atoms with Crippen molar-refractivity contribution in [1.82, 2.24) is 0 Å². The molecule has 0 saturated heterocycles. The Morgan fingerprint density at radius 1 is 0.774 bits per heavy atom. The summed E-state index contributed by atoms with van der Waals surface area (Å²) in [7, 11) is 0. The molecule has 2 aliphatic carbocycles. The number of hydrogen-bond acceptors (Lipinski definition) is 0. The van der Waals surface area contributed by atoms with E-state index in [9.17, 15) is 8.78 Å². The summed E-state index contributed by atoms with van der Waals surface area (Å²) in [4.78, 5) is 0. The van der Waals surface area contributed by atoms with Gasteiger partial charge in [0, 0.05) is 5.56 Å². The second kappa shape index (κ2) is 10.7. The quantitative estimate of drug-likeness (QED) is 0.370. The SMILES string of the molecule is CCCCCCCC1CC[C@@H]2C[C@H](c3ccc(-c4ccc(F)cc4)c(F)c3)CC[C@@H]2C1. The molecule has 2 aliphatic rings. The third-order valence-electron chi connectivity index (χ3n) is 8.06. The predicted molar refractivity (Wildman–Crippen MR) is 126 cm³/mol. The van der Waals surface area contributed by atoms with Crippen molar-refractivity contribution in [3.8, 4) is 11.1 Å². The second-order valence-corrected chi connectivity index (χ2v) is 10.2. The minimum atomic E-state index is -0.288. The first kappa shape index (κ1) is 22.5. The van der Waals surface area contributed by atoms with E-state index in [-0.39, 0.29) is 11.6 Å². The Morgan fingerprint density at radius 3 is 2.29 bits per heavy atom. The third kappa shape index (κ3) is 5.76. The van der Waals surface area contributed by atoms with Crippen molar-refractivity contribution >= 4 is 0 Å². The lowest BCUT2D eigenvalue weighted by Gasteiger charge is -2.42. The maximum absolute atomic E-state index is 14.9. The topological polar surface area (TPSA) is 0 Å². The lowest BCUT2D eigenvalue weighted by atomic mass is 9.63. The molecule has 4 rings (SSSR count). The van der Waals surface area contributed by atoms with Crippen molar-refractivity contribution in [3.63, 3.8) is 0 Å². The number of unbranched alkanes of at least 4 members (excludes halogenated alkanes) is 4. The number of benzene rings is 2. The molecule has 2 heteroatoms. The number of hydrogen-bond donors (Lipinski definition) is 0. The standard InChI is InChI=1S/C29H38F2/c1-2-3-4-5-6-7-21-8-9-24-19-25(11-10-23(24)18-21)26-14-17-28(29(31)20-26)22-12-15-27(30)16-13-22/h12-17,20-21,23-25H,2-11,18-19H2,1H3/t21?,23-,24-,25-/m1/s1. The molecule has 0 aliphatic heterocycles. The van der Waals surface area contributed by atoms with Gasteiger partial charge in [-0.25, -0.2) is 8.78 Å². The smallest absolute Gasteiger partial charge is 0.131 e. The average molecular weight is 425 g/mol. The Morgan fingerprint density at radius 2 is 1.52 bits per heavy atom. The minimum absolute atomic E-state index is 0.182. The lowest BCUT2D eigenvalue weighted by Crippen LogP contribution is -2.30. The van der Waals surface area contributed by atoms with Gasteiger partial charge >= 0.3 is 0 Å². The van der Waals surface area contributed by atoms with Crippen LogP contribution in [-0.4, -0.2) is 0 Å². The van der Waals surface area contributed by atoms with Crippen LogP contribution < -0.4 is 0 Å². The molecule has 0 N–H and O–H groups in total. The molecule has 1 unspecified atom stereocenters. The molecule has 0 aromatic heterocycles. The molecule has 0 bridgehead atoms. The third-order valence-corrected chi connectivity index (χ3v) is 8.06. The molecular formula is C29H38F2. The van der Waals surface area contributed by atoms with E-state index in [1.165, 1.54) is 89.2 Å². The van der Waals surface area contributed by atoms with Crippen molar-refractivity contribution in [2.24, 2.45) is 17.8 Å². The van der Waals surface area contributed by atoms with Crippen LogP contribution in [0.25, 0.3) is 11.1 Å². The highest BCUT2D eigenvalue weighted by atomic mass is 19.1. The molecule has 31 heavy (non-hydrogen) atoms. The van der Waals surface area contributed by atoms with Gasteiger partial charge in [0.05, 0.1) is 0 Å². The van der Waals surface area contributed by atoms with Crippen LogP contribution >= 0.6 is 0 Å². The summed E-state index contributed by atoms with van der Waals surface area (Å²) >= 11 is 0. The van der Waals surface area contributed by atoms with E-state index in [1.807, 2.05) is 6.07 Å². The van der Waals surface area contributed by atoms with E-state index in [4.69, 9.17) is 0 Å². The van der Waals surface area contributed by atoms with E-state index in [2.05, 4.69) is 13.0 Å². The summed E-state index contributed by atoms with van der Waals surface area (Å²) in [5.74, 6) is 2.70. The zero-order valence-corrected chi connectivity index (χ0v) is 19.1. The molecule has 0 amide bonds. The van der Waals surface area contributed by atoms with Gasteiger partial charge < -0.3 is 0 Å². The first-order valence-electron chi connectivity index (χ1n) is 12.7. The van der Waals surface area contributed by atoms with E-state index in [0.717, 1.165) is 28.9 Å². The highest BCUT2D eigenvalue weighted by Gasteiger charge is 2.35. The first-order chi connectivity index (χ1) is 15.1. The maximum Gasteiger partial charge on any atom is 0.131 e. The van der Waals surface area contributed by atoms with Crippen molar-refractivity contribution < 1.29 is 8.78 Å². The number of rotatable bonds is 8. The highest BCUT2D eigenvalue weighted by molar-refractivity contribution is 5.64. The van der Waals surface area contributed by atoms with Gasteiger partial charge in [0.15, 0.2) is 0 Å². The van der Waals surface area contributed by atoms with Gasteiger partial charge in [0.1, 0.15) is 11.6 Å². The molecule has 2 aromatic carbocycles. The summed E-state index contributed by atoms with van der Waals surface area (Å²) in [5.41, 5.74) is 2.46. The van der Waals surface area contributed by atoms with Gasteiger partial charge in [-0.05, 0) is 85.1 Å². The Hall–Kier alpha value is -1.70. The van der Waals surface area contributed by atoms with E-state index in [1.54, 1.807) is 18.2 Å². The van der Waals surface area contributed by atoms with Gasteiger partial charge in [-0.1, -0.05) is 76.1 Å². The van der Waals surface area contributed by atoms with Crippen LogP contribution in [0.15, 0.2) is 42.5 Å². The number of fused-ring (bicyclic) bond motifs is 1. The average Bonchev–Trinajstić information content (AvgIpc) is 2.79. The van der Waals surface area contributed by atoms with Crippen molar-refractivity contribution in [1.29, 1.82) is 0 Å². The normalized spacial score (nSPS) is 25.9. The fraction of sp³-hybridized carbons (Fsp3) is 0.586. The molecule has 168 valence electrons. The minimum Gasteiger partial charge on any atom is -0.207 e. The molecule has 2 aromatic rings.